The van der Waals surface area contributed by atoms with E-state index in [2.05, 4.69) is 28.2 Å². The Labute approximate surface area is 85.5 Å². The van der Waals surface area contributed by atoms with Crippen LogP contribution in [0.4, 0.5) is 0 Å². The number of hydrogen-bond acceptors (Lipinski definition) is 2. The van der Waals surface area contributed by atoms with E-state index in [-0.39, 0.29) is 0 Å². The molecular weight excluding hydrogens is 174 g/mol. The predicted molar refractivity (Wildman–Crippen MR) is 57.4 cm³/mol. The molecule has 1 fully saturated rings. The first-order valence-electron chi connectivity index (χ1n) is 5.63. The van der Waals surface area contributed by atoms with E-state index in [1.807, 2.05) is 6.20 Å². The van der Waals surface area contributed by atoms with Crippen molar-refractivity contribution in [3.63, 3.8) is 0 Å². The van der Waals surface area contributed by atoms with Crippen molar-refractivity contribution in [1.82, 2.24) is 15.1 Å². The fraction of sp³-hybridized carbons (Fsp3) is 0.727. The van der Waals surface area contributed by atoms with Crippen molar-refractivity contribution in [2.75, 3.05) is 13.1 Å². The van der Waals surface area contributed by atoms with E-state index in [9.17, 15) is 0 Å². The van der Waals surface area contributed by atoms with Gasteiger partial charge in [-0.25, -0.2) is 0 Å². The first-order valence-corrected chi connectivity index (χ1v) is 5.63. The van der Waals surface area contributed by atoms with Crippen LogP contribution in [0.5, 0.6) is 0 Å². The van der Waals surface area contributed by atoms with E-state index in [4.69, 9.17) is 0 Å². The van der Waals surface area contributed by atoms with E-state index in [0.29, 0.717) is 0 Å². The van der Waals surface area contributed by atoms with Gasteiger partial charge in [-0.15, -0.1) is 0 Å². The third kappa shape index (κ3) is 2.15. The quantitative estimate of drug-likeness (QED) is 0.792. The standard InChI is InChI=1S/C11H19N3/c1-2-7-14-9-11(8-13-14)10-3-5-12-6-4-10/h8-10,12H,2-7H2,1H3. The van der Waals surface area contributed by atoms with Gasteiger partial charge in [-0.05, 0) is 43.8 Å². The molecule has 1 aliphatic rings. The summed E-state index contributed by atoms with van der Waals surface area (Å²) in [6.45, 7) is 5.55. The molecular formula is C11H19N3. The van der Waals surface area contributed by atoms with Crippen LogP contribution in [0.3, 0.4) is 0 Å². The van der Waals surface area contributed by atoms with Gasteiger partial charge in [0.15, 0.2) is 0 Å². The van der Waals surface area contributed by atoms with Crippen LogP contribution in [-0.2, 0) is 6.54 Å². The van der Waals surface area contributed by atoms with Gasteiger partial charge in [0.05, 0.1) is 6.20 Å². The number of hydrogen-bond donors (Lipinski definition) is 1. The molecule has 1 N–H and O–H groups in total. The highest BCUT2D eigenvalue weighted by atomic mass is 15.3. The SMILES string of the molecule is CCCn1cc(C2CCNCC2)cn1. The third-order valence-corrected chi connectivity index (χ3v) is 2.92. The Bertz CT molecular complexity index is 274. The molecule has 1 saturated heterocycles. The number of nitrogens with zero attached hydrogens (tertiary/aromatic N) is 2. The largest absolute Gasteiger partial charge is 0.317 e. The molecule has 2 rings (SSSR count). The Morgan fingerprint density at radius 3 is 3.00 bits per heavy atom. The van der Waals surface area contributed by atoms with E-state index in [1.165, 1.54) is 18.4 Å². The lowest BCUT2D eigenvalue weighted by molar-refractivity contribution is 0.460. The molecule has 78 valence electrons. The maximum absolute atomic E-state index is 4.38. The minimum atomic E-state index is 0.738. The molecule has 1 aliphatic heterocycles. The molecule has 2 heterocycles. The first kappa shape index (κ1) is 9.71. The average Bonchev–Trinajstić information content (AvgIpc) is 2.68. The lowest BCUT2D eigenvalue weighted by atomic mass is 9.93. The molecule has 3 nitrogen and oxygen atoms in total. The molecule has 0 spiro atoms. The number of piperidine rings is 1. The molecule has 0 amide bonds. The van der Waals surface area contributed by atoms with Crippen LogP contribution in [0.15, 0.2) is 12.4 Å². The van der Waals surface area contributed by atoms with Crippen LogP contribution in [0.2, 0.25) is 0 Å². The lowest BCUT2D eigenvalue weighted by Crippen LogP contribution is -2.26. The second-order valence-electron chi connectivity index (χ2n) is 4.06. The molecule has 0 unspecified atom stereocenters. The van der Waals surface area contributed by atoms with Gasteiger partial charge in [0.2, 0.25) is 0 Å². The summed E-state index contributed by atoms with van der Waals surface area (Å²) >= 11 is 0. The Hall–Kier alpha value is -0.830. The summed E-state index contributed by atoms with van der Waals surface area (Å²) in [6.07, 6.45) is 7.95. The molecule has 0 aliphatic carbocycles. The van der Waals surface area contributed by atoms with E-state index in [0.717, 1.165) is 32.0 Å². The monoisotopic (exact) mass is 193 g/mol. The van der Waals surface area contributed by atoms with Crippen LogP contribution in [0.25, 0.3) is 0 Å². The molecule has 0 radical (unpaired) electrons. The highest BCUT2D eigenvalue weighted by Crippen LogP contribution is 2.24. The highest BCUT2D eigenvalue weighted by molar-refractivity contribution is 5.12. The second-order valence-corrected chi connectivity index (χ2v) is 4.06. The van der Waals surface area contributed by atoms with Crippen LogP contribution in [0.1, 0.15) is 37.7 Å². The summed E-state index contributed by atoms with van der Waals surface area (Å²) in [5, 5.41) is 7.77. The van der Waals surface area contributed by atoms with Gasteiger partial charge >= 0.3 is 0 Å². The smallest absolute Gasteiger partial charge is 0.0524 e. The number of nitrogens with one attached hydrogen (secondary N) is 1. The number of rotatable bonds is 3. The van der Waals surface area contributed by atoms with Crippen molar-refractivity contribution < 1.29 is 0 Å². The Kier molecular flexibility index (Phi) is 3.19. The van der Waals surface area contributed by atoms with Crippen molar-refractivity contribution in [2.24, 2.45) is 0 Å². The zero-order chi connectivity index (χ0) is 9.80. The molecule has 3 heteroatoms. The van der Waals surface area contributed by atoms with E-state index in [1.54, 1.807) is 0 Å². The van der Waals surface area contributed by atoms with Crippen molar-refractivity contribution in [1.29, 1.82) is 0 Å². The van der Waals surface area contributed by atoms with Gasteiger partial charge in [-0.2, -0.15) is 5.10 Å². The van der Waals surface area contributed by atoms with Crippen molar-refractivity contribution in [3.8, 4) is 0 Å². The minimum absolute atomic E-state index is 0.738. The zero-order valence-corrected chi connectivity index (χ0v) is 8.87. The maximum Gasteiger partial charge on any atom is 0.0524 e. The fourth-order valence-electron chi connectivity index (χ4n) is 2.10. The van der Waals surface area contributed by atoms with Gasteiger partial charge in [-0.1, -0.05) is 6.92 Å². The predicted octanol–water partition coefficient (Wildman–Crippen LogP) is 1.76. The molecule has 0 bridgehead atoms. The van der Waals surface area contributed by atoms with Crippen LogP contribution >= 0.6 is 0 Å². The zero-order valence-electron chi connectivity index (χ0n) is 8.87. The average molecular weight is 193 g/mol. The van der Waals surface area contributed by atoms with Crippen LogP contribution in [-0.4, -0.2) is 22.9 Å². The van der Waals surface area contributed by atoms with Gasteiger partial charge in [0.25, 0.3) is 0 Å². The Morgan fingerprint density at radius 1 is 1.50 bits per heavy atom. The first-order chi connectivity index (χ1) is 6.90. The molecule has 0 saturated carbocycles. The van der Waals surface area contributed by atoms with Crippen LogP contribution < -0.4 is 5.32 Å². The number of aromatic nitrogens is 2. The Balaban J connectivity index is 2.00. The summed E-state index contributed by atoms with van der Waals surface area (Å²) in [4.78, 5) is 0. The fourth-order valence-corrected chi connectivity index (χ4v) is 2.10. The summed E-state index contributed by atoms with van der Waals surface area (Å²) in [6, 6.07) is 0. The van der Waals surface area contributed by atoms with Crippen molar-refractivity contribution in [3.05, 3.63) is 18.0 Å². The van der Waals surface area contributed by atoms with Gasteiger partial charge < -0.3 is 5.32 Å². The molecule has 14 heavy (non-hydrogen) atoms. The van der Waals surface area contributed by atoms with Crippen molar-refractivity contribution >= 4 is 0 Å². The minimum Gasteiger partial charge on any atom is -0.317 e. The summed E-state index contributed by atoms with van der Waals surface area (Å²) in [7, 11) is 0. The summed E-state index contributed by atoms with van der Waals surface area (Å²) in [5.41, 5.74) is 1.43. The molecule has 1 aromatic rings. The van der Waals surface area contributed by atoms with Gasteiger partial charge in [-0.3, -0.25) is 4.68 Å². The molecule has 0 atom stereocenters. The van der Waals surface area contributed by atoms with Crippen LogP contribution in [0, 0.1) is 0 Å². The normalized spacial score (nSPS) is 18.6. The third-order valence-electron chi connectivity index (χ3n) is 2.92. The van der Waals surface area contributed by atoms with E-state index >= 15 is 0 Å². The second kappa shape index (κ2) is 4.60. The highest BCUT2D eigenvalue weighted by Gasteiger charge is 2.16. The molecule has 0 aromatic carbocycles. The maximum atomic E-state index is 4.38. The lowest BCUT2D eigenvalue weighted by Gasteiger charge is -2.21. The van der Waals surface area contributed by atoms with E-state index < -0.39 is 0 Å². The topological polar surface area (TPSA) is 29.9 Å². The summed E-state index contributed by atoms with van der Waals surface area (Å²) < 4.78 is 2.07. The molecule has 1 aromatic heterocycles. The van der Waals surface area contributed by atoms with Crippen molar-refractivity contribution in [2.45, 2.75) is 38.6 Å². The number of aryl methyl sites for hydroxylation is 1. The Morgan fingerprint density at radius 2 is 2.29 bits per heavy atom. The van der Waals surface area contributed by atoms with Gasteiger partial charge in [0, 0.05) is 12.7 Å². The summed E-state index contributed by atoms with van der Waals surface area (Å²) in [5.74, 6) is 0.738. The van der Waals surface area contributed by atoms with Gasteiger partial charge in [0.1, 0.15) is 0 Å².